The first-order valence-electron chi connectivity index (χ1n) is 14.3. The van der Waals surface area contributed by atoms with Crippen LogP contribution < -0.4 is 9.62 Å². The van der Waals surface area contributed by atoms with Crippen molar-refractivity contribution < 1.29 is 18.0 Å². The van der Waals surface area contributed by atoms with Crippen molar-refractivity contribution in [2.24, 2.45) is 0 Å². The minimum Gasteiger partial charge on any atom is -0.354 e. The molecule has 1 N–H and O–H groups in total. The molecule has 0 heterocycles. The minimum absolute atomic E-state index is 0.0232. The normalized spacial score (nSPS) is 11.9. The Hall–Kier alpha value is -3.85. The van der Waals surface area contributed by atoms with Gasteiger partial charge in [0.2, 0.25) is 11.8 Å². The van der Waals surface area contributed by atoms with Crippen LogP contribution in [0.25, 0.3) is 0 Å². The van der Waals surface area contributed by atoms with E-state index in [4.69, 9.17) is 23.2 Å². The second-order valence-electron chi connectivity index (χ2n) is 10.4. The zero-order chi connectivity index (χ0) is 31.7. The molecule has 0 aliphatic carbocycles. The van der Waals surface area contributed by atoms with Crippen molar-refractivity contribution in [3.63, 3.8) is 0 Å². The summed E-state index contributed by atoms with van der Waals surface area (Å²) in [4.78, 5) is 29.6. The number of hydrogen-bond donors (Lipinski definition) is 1. The highest BCUT2D eigenvalue weighted by molar-refractivity contribution is 7.92. The van der Waals surface area contributed by atoms with Gasteiger partial charge in [-0.25, -0.2) is 8.42 Å². The zero-order valence-corrected chi connectivity index (χ0v) is 26.9. The third kappa shape index (κ3) is 8.20. The van der Waals surface area contributed by atoms with Crippen molar-refractivity contribution in [3.8, 4) is 0 Å². The average Bonchev–Trinajstić information content (AvgIpc) is 3.02. The minimum atomic E-state index is -4.22. The summed E-state index contributed by atoms with van der Waals surface area (Å²) >= 11 is 12.7. The van der Waals surface area contributed by atoms with Crippen molar-refractivity contribution in [3.05, 3.63) is 130 Å². The molecule has 10 heteroatoms. The molecular weight excluding hydrogens is 617 g/mol. The Morgan fingerprint density at radius 2 is 1.48 bits per heavy atom. The van der Waals surface area contributed by atoms with Crippen molar-refractivity contribution in [2.75, 3.05) is 17.4 Å². The number of nitrogens with one attached hydrogen (secondary N) is 1. The van der Waals surface area contributed by atoms with Gasteiger partial charge in [-0.3, -0.25) is 13.9 Å². The molecule has 2 amide bonds. The first-order valence-corrected chi connectivity index (χ1v) is 16.5. The highest BCUT2D eigenvalue weighted by atomic mass is 35.5. The first-order chi connectivity index (χ1) is 21.1. The van der Waals surface area contributed by atoms with Crippen LogP contribution in [0.2, 0.25) is 10.0 Å². The predicted octanol–water partition coefficient (Wildman–Crippen LogP) is 6.66. The monoisotopic (exact) mass is 651 g/mol. The fourth-order valence-electron chi connectivity index (χ4n) is 4.85. The third-order valence-corrected chi connectivity index (χ3v) is 9.60. The van der Waals surface area contributed by atoms with Gasteiger partial charge in [0.05, 0.1) is 10.6 Å². The Morgan fingerprint density at radius 1 is 0.841 bits per heavy atom. The lowest BCUT2D eigenvalue weighted by atomic mass is 10.0. The van der Waals surface area contributed by atoms with E-state index in [-0.39, 0.29) is 29.5 Å². The molecule has 0 bridgehead atoms. The van der Waals surface area contributed by atoms with E-state index in [2.05, 4.69) is 5.32 Å². The number of nitrogens with zero attached hydrogens (tertiary/aromatic N) is 2. The average molecular weight is 653 g/mol. The van der Waals surface area contributed by atoms with E-state index in [0.29, 0.717) is 34.1 Å². The molecule has 0 radical (unpaired) electrons. The number of hydrogen-bond acceptors (Lipinski definition) is 4. The fraction of sp³-hybridized carbons (Fsp3) is 0.235. The van der Waals surface area contributed by atoms with E-state index in [1.807, 2.05) is 43.3 Å². The summed E-state index contributed by atoms with van der Waals surface area (Å²) < 4.78 is 29.3. The summed E-state index contributed by atoms with van der Waals surface area (Å²) in [5, 5.41) is 3.78. The number of halogens is 2. The van der Waals surface area contributed by atoms with Crippen LogP contribution in [0.1, 0.15) is 30.0 Å². The molecule has 0 unspecified atom stereocenters. The van der Waals surface area contributed by atoms with Gasteiger partial charge in [-0.1, -0.05) is 96.9 Å². The number of carbonyl (C=O) groups excluding carboxylic acids is 2. The van der Waals surface area contributed by atoms with Crippen LogP contribution in [0.5, 0.6) is 0 Å². The lowest BCUT2D eigenvalue weighted by Gasteiger charge is -2.34. The molecule has 44 heavy (non-hydrogen) atoms. The maximum absolute atomic E-state index is 14.5. The smallest absolute Gasteiger partial charge is 0.264 e. The van der Waals surface area contributed by atoms with E-state index in [0.717, 1.165) is 9.87 Å². The summed E-state index contributed by atoms with van der Waals surface area (Å²) in [5.74, 6) is -0.890. The number of amides is 2. The third-order valence-electron chi connectivity index (χ3n) is 7.18. The fourth-order valence-corrected chi connectivity index (χ4v) is 6.73. The maximum atomic E-state index is 14.5. The number of carbonyl (C=O) groups is 2. The molecule has 0 spiro atoms. The topological polar surface area (TPSA) is 86.8 Å². The second-order valence-corrected chi connectivity index (χ2v) is 13.1. The standard InChI is InChI=1S/C34H35Cl2N3O4S/c1-3-20-37-34(41)32(22-26-12-6-4-7-13-26)38(23-27-14-10-15-28(35)21-27)33(40)24-39(31-19-11-18-30(36)25(31)2)44(42,43)29-16-8-5-9-17-29/h4-19,21,32H,3,20,22-24H2,1-2H3,(H,37,41)/t32-/m0/s1. The number of benzene rings is 4. The molecular formula is C34H35Cl2N3O4S. The number of sulfonamides is 1. The molecule has 0 aromatic heterocycles. The van der Waals surface area contributed by atoms with Gasteiger partial charge in [0.1, 0.15) is 12.6 Å². The molecule has 4 aromatic carbocycles. The molecule has 0 fully saturated rings. The Kier molecular flexibility index (Phi) is 11.4. The molecule has 0 aliphatic heterocycles. The Morgan fingerprint density at radius 3 is 2.14 bits per heavy atom. The van der Waals surface area contributed by atoms with Crippen LogP contribution >= 0.6 is 23.2 Å². The summed E-state index contributed by atoms with van der Waals surface area (Å²) in [6, 6.07) is 28.3. The Bertz CT molecular complexity index is 1690. The Labute approximate surface area is 269 Å². The summed E-state index contributed by atoms with van der Waals surface area (Å²) in [6.45, 7) is 3.55. The van der Waals surface area contributed by atoms with Crippen molar-refractivity contribution >= 4 is 50.7 Å². The lowest BCUT2D eigenvalue weighted by molar-refractivity contribution is -0.140. The zero-order valence-electron chi connectivity index (χ0n) is 24.6. The maximum Gasteiger partial charge on any atom is 0.264 e. The van der Waals surface area contributed by atoms with E-state index in [1.54, 1.807) is 61.5 Å². The van der Waals surface area contributed by atoms with E-state index >= 15 is 0 Å². The summed E-state index contributed by atoms with van der Waals surface area (Å²) in [6.07, 6.45) is 0.938. The summed E-state index contributed by atoms with van der Waals surface area (Å²) in [7, 11) is -4.22. The van der Waals surface area contributed by atoms with Gasteiger partial charge in [-0.05, 0) is 66.4 Å². The molecule has 1 atom stereocenters. The van der Waals surface area contributed by atoms with E-state index < -0.39 is 28.5 Å². The van der Waals surface area contributed by atoms with Gasteiger partial charge in [0.25, 0.3) is 10.0 Å². The second kappa shape index (κ2) is 15.2. The highest BCUT2D eigenvalue weighted by Crippen LogP contribution is 2.31. The molecule has 0 saturated carbocycles. The van der Waals surface area contributed by atoms with Crippen LogP contribution in [0.4, 0.5) is 5.69 Å². The van der Waals surface area contributed by atoms with Crippen LogP contribution in [0.3, 0.4) is 0 Å². The molecule has 7 nitrogen and oxygen atoms in total. The molecule has 4 rings (SSSR count). The SMILES string of the molecule is CCCNC(=O)[C@H](Cc1ccccc1)N(Cc1cccc(Cl)c1)C(=O)CN(c1cccc(Cl)c1C)S(=O)(=O)c1ccccc1. The highest BCUT2D eigenvalue weighted by Gasteiger charge is 2.35. The van der Waals surface area contributed by atoms with Gasteiger partial charge in [0.15, 0.2) is 0 Å². The van der Waals surface area contributed by atoms with Crippen LogP contribution in [0, 0.1) is 6.92 Å². The van der Waals surface area contributed by atoms with Gasteiger partial charge < -0.3 is 10.2 Å². The van der Waals surface area contributed by atoms with Gasteiger partial charge in [0, 0.05) is 29.6 Å². The van der Waals surface area contributed by atoms with Crippen molar-refractivity contribution in [1.29, 1.82) is 0 Å². The molecule has 0 saturated heterocycles. The van der Waals surface area contributed by atoms with Gasteiger partial charge in [-0.2, -0.15) is 0 Å². The largest absolute Gasteiger partial charge is 0.354 e. The summed E-state index contributed by atoms with van der Waals surface area (Å²) in [5.41, 5.74) is 2.33. The quantitative estimate of drug-likeness (QED) is 0.175. The molecule has 0 aliphatic rings. The van der Waals surface area contributed by atoms with Gasteiger partial charge in [-0.15, -0.1) is 0 Å². The van der Waals surface area contributed by atoms with Crippen LogP contribution in [-0.2, 0) is 32.6 Å². The van der Waals surface area contributed by atoms with Crippen molar-refractivity contribution in [2.45, 2.75) is 44.2 Å². The number of rotatable bonds is 13. The lowest BCUT2D eigenvalue weighted by Crippen LogP contribution is -2.53. The van der Waals surface area contributed by atoms with Gasteiger partial charge >= 0.3 is 0 Å². The van der Waals surface area contributed by atoms with Crippen LogP contribution in [0.15, 0.2) is 108 Å². The molecule has 4 aromatic rings. The molecule has 230 valence electrons. The predicted molar refractivity (Wildman–Crippen MR) is 176 cm³/mol. The van der Waals surface area contributed by atoms with Crippen molar-refractivity contribution in [1.82, 2.24) is 10.2 Å². The first kappa shape index (κ1) is 33.1. The van der Waals surface area contributed by atoms with E-state index in [9.17, 15) is 18.0 Å². The van der Waals surface area contributed by atoms with Crippen LogP contribution in [-0.4, -0.2) is 44.3 Å². The Balaban J connectivity index is 1.82. The number of anilines is 1. The van der Waals surface area contributed by atoms with E-state index in [1.165, 1.54) is 17.0 Å².